The van der Waals surface area contributed by atoms with Crippen LogP contribution in [-0.2, 0) is 4.79 Å². The van der Waals surface area contributed by atoms with Crippen LogP contribution in [-0.4, -0.2) is 42.8 Å². The summed E-state index contributed by atoms with van der Waals surface area (Å²) in [6.45, 7) is 7.20. The van der Waals surface area contributed by atoms with Gasteiger partial charge in [0.2, 0.25) is 5.91 Å². The molecule has 0 spiro atoms. The Labute approximate surface area is 126 Å². The molecular weight excluding hydrogens is 264 g/mol. The van der Waals surface area contributed by atoms with E-state index >= 15 is 0 Å². The number of piperazine rings is 1. The Hall–Kier alpha value is -1.84. The molecule has 1 aliphatic rings. The van der Waals surface area contributed by atoms with Crippen molar-refractivity contribution in [3.05, 3.63) is 29.8 Å². The van der Waals surface area contributed by atoms with Gasteiger partial charge in [0.25, 0.3) is 0 Å². The number of hydrogen-bond donors (Lipinski definition) is 0. The molecule has 2 rings (SSSR count). The highest BCUT2D eigenvalue weighted by molar-refractivity contribution is 5.96. The summed E-state index contributed by atoms with van der Waals surface area (Å²) in [5.74, 6) is 0.442. The maximum Gasteiger partial charge on any atom is 0.222 e. The molecule has 1 aliphatic heterocycles. The standard InChI is InChI=1S/C17H24N2O2/c1-3-5-17(21)19-12-10-18(11-13-19)15-8-6-14(7-9-15)16(20)4-2/h6-9H,3-5,10-13H2,1-2H3. The van der Waals surface area contributed by atoms with E-state index in [1.807, 2.05) is 43.0 Å². The number of carbonyl (C=O) groups excluding carboxylic acids is 2. The van der Waals surface area contributed by atoms with Crippen molar-refractivity contribution < 1.29 is 9.59 Å². The van der Waals surface area contributed by atoms with Gasteiger partial charge in [-0.3, -0.25) is 9.59 Å². The predicted octanol–water partition coefficient (Wildman–Crippen LogP) is 2.73. The van der Waals surface area contributed by atoms with E-state index in [-0.39, 0.29) is 11.7 Å². The fraction of sp³-hybridized carbons (Fsp3) is 0.529. The molecule has 0 N–H and O–H groups in total. The molecular formula is C17H24N2O2. The molecule has 1 aromatic rings. The summed E-state index contributed by atoms with van der Waals surface area (Å²) in [6.07, 6.45) is 2.09. The predicted molar refractivity (Wildman–Crippen MR) is 84.8 cm³/mol. The number of rotatable bonds is 5. The number of ketones is 1. The number of Topliss-reactive ketones (excluding diaryl/α,β-unsaturated/α-hetero) is 1. The first-order valence-corrected chi connectivity index (χ1v) is 7.81. The molecule has 0 atom stereocenters. The summed E-state index contributed by atoms with van der Waals surface area (Å²) in [4.78, 5) is 27.7. The van der Waals surface area contributed by atoms with Crippen LogP contribution in [0.3, 0.4) is 0 Å². The van der Waals surface area contributed by atoms with Crippen LogP contribution >= 0.6 is 0 Å². The van der Waals surface area contributed by atoms with Crippen LogP contribution in [0.4, 0.5) is 5.69 Å². The van der Waals surface area contributed by atoms with Crippen LogP contribution in [0.2, 0.25) is 0 Å². The van der Waals surface area contributed by atoms with Gasteiger partial charge in [-0.25, -0.2) is 0 Å². The van der Waals surface area contributed by atoms with Gasteiger partial charge in [-0.2, -0.15) is 0 Å². The highest BCUT2D eigenvalue weighted by Crippen LogP contribution is 2.18. The minimum Gasteiger partial charge on any atom is -0.368 e. The average Bonchev–Trinajstić information content (AvgIpc) is 2.54. The van der Waals surface area contributed by atoms with Gasteiger partial charge in [0, 0.05) is 50.3 Å². The Morgan fingerprint density at radius 2 is 1.62 bits per heavy atom. The maximum atomic E-state index is 11.9. The molecule has 0 aliphatic carbocycles. The fourth-order valence-electron chi connectivity index (χ4n) is 2.65. The summed E-state index contributed by atoms with van der Waals surface area (Å²) in [7, 11) is 0. The highest BCUT2D eigenvalue weighted by atomic mass is 16.2. The number of hydrogen-bond acceptors (Lipinski definition) is 3. The number of carbonyl (C=O) groups is 2. The summed E-state index contributed by atoms with van der Waals surface area (Å²) in [5, 5.41) is 0. The van der Waals surface area contributed by atoms with Crippen molar-refractivity contribution in [1.29, 1.82) is 0 Å². The second kappa shape index (κ2) is 7.25. The van der Waals surface area contributed by atoms with E-state index in [1.54, 1.807) is 0 Å². The van der Waals surface area contributed by atoms with Crippen molar-refractivity contribution in [1.82, 2.24) is 4.90 Å². The number of benzene rings is 1. The van der Waals surface area contributed by atoms with Gasteiger partial charge in [0.05, 0.1) is 0 Å². The zero-order valence-electron chi connectivity index (χ0n) is 13.0. The molecule has 21 heavy (non-hydrogen) atoms. The molecule has 4 heteroatoms. The lowest BCUT2D eigenvalue weighted by atomic mass is 10.1. The van der Waals surface area contributed by atoms with Crippen molar-refractivity contribution >= 4 is 17.4 Å². The van der Waals surface area contributed by atoms with Crippen molar-refractivity contribution in [2.24, 2.45) is 0 Å². The molecule has 0 unspecified atom stereocenters. The molecule has 1 aromatic carbocycles. The van der Waals surface area contributed by atoms with Crippen molar-refractivity contribution in [2.45, 2.75) is 33.1 Å². The van der Waals surface area contributed by atoms with Gasteiger partial charge in [0.1, 0.15) is 0 Å². The van der Waals surface area contributed by atoms with Gasteiger partial charge in [0.15, 0.2) is 5.78 Å². The zero-order chi connectivity index (χ0) is 15.2. The molecule has 0 aromatic heterocycles. The molecule has 4 nitrogen and oxygen atoms in total. The monoisotopic (exact) mass is 288 g/mol. The normalized spacial score (nSPS) is 15.1. The third kappa shape index (κ3) is 3.84. The second-order valence-corrected chi connectivity index (χ2v) is 5.44. The van der Waals surface area contributed by atoms with Crippen LogP contribution in [0.15, 0.2) is 24.3 Å². The fourth-order valence-corrected chi connectivity index (χ4v) is 2.65. The molecule has 0 radical (unpaired) electrons. The van der Waals surface area contributed by atoms with Gasteiger partial charge >= 0.3 is 0 Å². The largest absolute Gasteiger partial charge is 0.368 e. The summed E-state index contributed by atoms with van der Waals surface area (Å²) >= 11 is 0. The minimum atomic E-state index is 0.177. The second-order valence-electron chi connectivity index (χ2n) is 5.44. The molecule has 0 saturated carbocycles. The van der Waals surface area contributed by atoms with Gasteiger partial charge < -0.3 is 9.80 Å². The van der Waals surface area contributed by atoms with Gasteiger partial charge in [-0.05, 0) is 30.7 Å². The smallest absolute Gasteiger partial charge is 0.222 e. The molecule has 1 amide bonds. The lowest BCUT2D eigenvalue weighted by Crippen LogP contribution is -2.48. The Morgan fingerprint density at radius 1 is 1.00 bits per heavy atom. The van der Waals surface area contributed by atoms with Crippen molar-refractivity contribution in [2.75, 3.05) is 31.1 Å². The highest BCUT2D eigenvalue weighted by Gasteiger charge is 2.20. The molecule has 1 fully saturated rings. The van der Waals surface area contributed by atoms with Crippen LogP contribution in [0.5, 0.6) is 0 Å². The average molecular weight is 288 g/mol. The topological polar surface area (TPSA) is 40.6 Å². The van der Waals surface area contributed by atoms with Gasteiger partial charge in [-0.15, -0.1) is 0 Å². The summed E-state index contributed by atoms with van der Waals surface area (Å²) < 4.78 is 0. The third-order valence-corrected chi connectivity index (χ3v) is 3.97. The molecule has 1 heterocycles. The number of anilines is 1. The Morgan fingerprint density at radius 3 is 2.14 bits per heavy atom. The first-order chi connectivity index (χ1) is 10.2. The van der Waals surface area contributed by atoms with Gasteiger partial charge in [-0.1, -0.05) is 13.8 Å². The van der Waals surface area contributed by atoms with E-state index in [4.69, 9.17) is 0 Å². The lowest BCUT2D eigenvalue weighted by Gasteiger charge is -2.36. The molecule has 1 saturated heterocycles. The van der Waals surface area contributed by atoms with E-state index in [2.05, 4.69) is 4.90 Å². The summed E-state index contributed by atoms with van der Waals surface area (Å²) in [6, 6.07) is 7.81. The van der Waals surface area contributed by atoms with Crippen LogP contribution in [0.1, 0.15) is 43.5 Å². The van der Waals surface area contributed by atoms with Crippen LogP contribution in [0.25, 0.3) is 0 Å². The number of amides is 1. The van der Waals surface area contributed by atoms with E-state index in [9.17, 15) is 9.59 Å². The summed E-state index contributed by atoms with van der Waals surface area (Å²) in [5.41, 5.74) is 1.91. The Balaban J connectivity index is 1.93. The van der Waals surface area contributed by atoms with Crippen molar-refractivity contribution in [3.63, 3.8) is 0 Å². The minimum absolute atomic E-state index is 0.177. The number of nitrogens with zero attached hydrogens (tertiary/aromatic N) is 2. The van der Waals surface area contributed by atoms with Crippen LogP contribution < -0.4 is 4.90 Å². The van der Waals surface area contributed by atoms with E-state index in [0.29, 0.717) is 12.8 Å². The van der Waals surface area contributed by atoms with Crippen molar-refractivity contribution in [3.8, 4) is 0 Å². The van der Waals surface area contributed by atoms with E-state index in [0.717, 1.165) is 43.9 Å². The SMILES string of the molecule is CCCC(=O)N1CCN(c2ccc(C(=O)CC)cc2)CC1. The Bertz CT molecular complexity index is 488. The first kappa shape index (κ1) is 15.5. The zero-order valence-corrected chi connectivity index (χ0v) is 13.0. The molecule has 0 bridgehead atoms. The quantitative estimate of drug-likeness (QED) is 0.782. The molecule has 114 valence electrons. The van der Waals surface area contributed by atoms with Crippen LogP contribution in [0, 0.1) is 0 Å². The lowest BCUT2D eigenvalue weighted by molar-refractivity contribution is -0.131. The third-order valence-electron chi connectivity index (χ3n) is 3.97. The van der Waals surface area contributed by atoms with E-state index < -0.39 is 0 Å². The van der Waals surface area contributed by atoms with E-state index in [1.165, 1.54) is 0 Å². The Kier molecular flexibility index (Phi) is 5.37. The maximum absolute atomic E-state index is 11.9. The first-order valence-electron chi connectivity index (χ1n) is 7.81.